The molecule has 0 spiro atoms. The quantitative estimate of drug-likeness (QED) is 0.814. The van der Waals surface area contributed by atoms with Crippen molar-refractivity contribution in [2.75, 3.05) is 6.61 Å². The van der Waals surface area contributed by atoms with Gasteiger partial charge in [0.15, 0.2) is 6.10 Å². The summed E-state index contributed by atoms with van der Waals surface area (Å²) in [5.41, 5.74) is 1.07. The molecule has 17 heavy (non-hydrogen) atoms. The molecule has 2 atom stereocenters. The lowest BCUT2D eigenvalue weighted by Crippen LogP contribution is -2.42. The summed E-state index contributed by atoms with van der Waals surface area (Å²) < 4.78 is 5.57. The zero-order valence-electron chi connectivity index (χ0n) is 9.85. The maximum atomic E-state index is 11.9. The van der Waals surface area contributed by atoms with Gasteiger partial charge >= 0.3 is 0 Å². The summed E-state index contributed by atoms with van der Waals surface area (Å²) in [4.78, 5) is 11.9. The molecule has 1 aliphatic rings. The molecule has 0 aliphatic carbocycles. The molecule has 2 unspecified atom stereocenters. The Hall–Kier alpha value is -1.55. The van der Waals surface area contributed by atoms with Gasteiger partial charge in [0.1, 0.15) is 5.75 Å². The van der Waals surface area contributed by atoms with Crippen LogP contribution in [0.25, 0.3) is 0 Å². The van der Waals surface area contributed by atoms with E-state index < -0.39 is 6.10 Å². The van der Waals surface area contributed by atoms with E-state index in [-0.39, 0.29) is 18.6 Å². The van der Waals surface area contributed by atoms with Crippen molar-refractivity contribution in [2.45, 2.75) is 31.9 Å². The van der Waals surface area contributed by atoms with Gasteiger partial charge in [0.2, 0.25) is 0 Å². The first-order chi connectivity index (χ1) is 8.20. The number of para-hydroxylation sites is 1. The summed E-state index contributed by atoms with van der Waals surface area (Å²) in [6.07, 6.45) is 0.743. The van der Waals surface area contributed by atoms with Gasteiger partial charge < -0.3 is 15.2 Å². The minimum atomic E-state index is -0.437. The topological polar surface area (TPSA) is 58.6 Å². The van der Waals surface area contributed by atoms with E-state index in [4.69, 9.17) is 9.84 Å². The lowest BCUT2D eigenvalue weighted by molar-refractivity contribution is -0.127. The standard InChI is InChI=1S/C13H17NO3/c1-9(6-7-15)14-13(16)12-8-10-4-2-3-5-11(10)17-12/h2-5,9,12,15H,6-8H2,1H3,(H,14,16). The molecule has 0 aromatic heterocycles. The Labute approximate surface area is 101 Å². The molecular formula is C13H17NO3. The van der Waals surface area contributed by atoms with Gasteiger partial charge in [0.25, 0.3) is 5.91 Å². The van der Waals surface area contributed by atoms with Crippen LogP contribution in [0.3, 0.4) is 0 Å². The zero-order valence-corrected chi connectivity index (χ0v) is 9.85. The molecule has 2 rings (SSSR count). The van der Waals surface area contributed by atoms with Gasteiger partial charge in [-0.1, -0.05) is 18.2 Å². The number of carbonyl (C=O) groups excluding carboxylic acids is 1. The van der Waals surface area contributed by atoms with Crippen LogP contribution in [0.15, 0.2) is 24.3 Å². The molecule has 2 N–H and O–H groups in total. The van der Waals surface area contributed by atoms with Gasteiger partial charge in [-0.15, -0.1) is 0 Å². The van der Waals surface area contributed by atoms with Crippen LogP contribution in [-0.4, -0.2) is 29.8 Å². The number of ether oxygens (including phenoxy) is 1. The monoisotopic (exact) mass is 235 g/mol. The van der Waals surface area contributed by atoms with Gasteiger partial charge in [-0.05, 0) is 25.0 Å². The largest absolute Gasteiger partial charge is 0.480 e. The van der Waals surface area contributed by atoms with Crippen LogP contribution in [0, 0.1) is 0 Å². The first-order valence-electron chi connectivity index (χ1n) is 5.86. The molecule has 0 saturated carbocycles. The summed E-state index contributed by atoms with van der Waals surface area (Å²) in [5.74, 6) is 0.685. The van der Waals surface area contributed by atoms with Crippen LogP contribution < -0.4 is 10.1 Å². The smallest absolute Gasteiger partial charge is 0.261 e. The molecule has 0 saturated heterocycles. The number of aliphatic hydroxyl groups is 1. The Morgan fingerprint density at radius 3 is 3.06 bits per heavy atom. The molecule has 1 aromatic rings. The highest BCUT2D eigenvalue weighted by molar-refractivity contribution is 5.82. The normalized spacial score (nSPS) is 19.3. The lowest BCUT2D eigenvalue weighted by Gasteiger charge is -2.16. The van der Waals surface area contributed by atoms with Crippen molar-refractivity contribution in [3.63, 3.8) is 0 Å². The first-order valence-corrected chi connectivity index (χ1v) is 5.86. The average molecular weight is 235 g/mol. The van der Waals surface area contributed by atoms with Crippen molar-refractivity contribution in [1.29, 1.82) is 0 Å². The first kappa shape index (κ1) is 11.9. The highest BCUT2D eigenvalue weighted by Gasteiger charge is 2.29. The fraction of sp³-hybridized carbons (Fsp3) is 0.462. The maximum absolute atomic E-state index is 11.9. The van der Waals surface area contributed by atoms with Gasteiger partial charge in [0.05, 0.1) is 0 Å². The maximum Gasteiger partial charge on any atom is 0.261 e. The SMILES string of the molecule is CC(CCO)NC(=O)C1Cc2ccccc2O1. The van der Waals surface area contributed by atoms with Gasteiger partial charge in [-0.2, -0.15) is 0 Å². The summed E-state index contributed by atoms with van der Waals surface area (Å²) >= 11 is 0. The van der Waals surface area contributed by atoms with Crippen LogP contribution in [0.2, 0.25) is 0 Å². The molecule has 4 nitrogen and oxygen atoms in total. The molecular weight excluding hydrogens is 218 g/mol. The zero-order chi connectivity index (χ0) is 12.3. The fourth-order valence-electron chi connectivity index (χ4n) is 1.93. The van der Waals surface area contributed by atoms with E-state index in [0.29, 0.717) is 12.8 Å². The molecule has 1 aromatic carbocycles. The number of amides is 1. The molecule has 0 bridgehead atoms. The second-order valence-electron chi connectivity index (χ2n) is 4.34. The van der Waals surface area contributed by atoms with E-state index in [1.165, 1.54) is 0 Å². The van der Waals surface area contributed by atoms with Crippen molar-refractivity contribution in [3.8, 4) is 5.75 Å². The van der Waals surface area contributed by atoms with E-state index in [2.05, 4.69) is 5.32 Å². The number of hydrogen-bond donors (Lipinski definition) is 2. The Morgan fingerprint density at radius 1 is 1.59 bits per heavy atom. The Bertz CT molecular complexity index is 380. The van der Waals surface area contributed by atoms with Crippen molar-refractivity contribution in [1.82, 2.24) is 5.32 Å². The van der Waals surface area contributed by atoms with Crippen molar-refractivity contribution in [2.24, 2.45) is 0 Å². The van der Waals surface area contributed by atoms with Crippen LogP contribution in [0.4, 0.5) is 0 Å². The predicted octanol–water partition coefficient (Wildman–Crippen LogP) is 0.877. The fourth-order valence-corrected chi connectivity index (χ4v) is 1.93. The van der Waals surface area contributed by atoms with Crippen LogP contribution in [0.1, 0.15) is 18.9 Å². The van der Waals surface area contributed by atoms with Crippen molar-refractivity contribution < 1.29 is 14.6 Å². The number of carbonyl (C=O) groups is 1. The minimum Gasteiger partial charge on any atom is -0.480 e. The Kier molecular flexibility index (Phi) is 3.64. The lowest BCUT2D eigenvalue weighted by atomic mass is 10.1. The van der Waals surface area contributed by atoms with Crippen molar-refractivity contribution >= 4 is 5.91 Å². The number of hydrogen-bond acceptors (Lipinski definition) is 3. The van der Waals surface area contributed by atoms with E-state index in [1.807, 2.05) is 31.2 Å². The second-order valence-corrected chi connectivity index (χ2v) is 4.34. The third-order valence-corrected chi connectivity index (χ3v) is 2.89. The number of fused-ring (bicyclic) bond motifs is 1. The predicted molar refractivity (Wildman–Crippen MR) is 63.9 cm³/mol. The molecule has 1 amide bonds. The molecule has 1 heterocycles. The average Bonchev–Trinajstić information content (AvgIpc) is 2.72. The minimum absolute atomic E-state index is 0.0280. The summed E-state index contributed by atoms with van der Waals surface area (Å²) in [6, 6.07) is 7.66. The molecule has 4 heteroatoms. The van der Waals surface area contributed by atoms with Gasteiger partial charge in [-0.25, -0.2) is 0 Å². The van der Waals surface area contributed by atoms with Crippen LogP contribution in [0.5, 0.6) is 5.75 Å². The summed E-state index contributed by atoms with van der Waals surface area (Å²) in [7, 11) is 0. The van der Waals surface area contributed by atoms with Gasteiger partial charge in [0, 0.05) is 19.1 Å². The molecule has 0 fully saturated rings. The highest BCUT2D eigenvalue weighted by Crippen LogP contribution is 2.28. The number of rotatable bonds is 4. The molecule has 92 valence electrons. The summed E-state index contributed by atoms with van der Waals surface area (Å²) in [6.45, 7) is 1.95. The number of aliphatic hydroxyl groups excluding tert-OH is 1. The van der Waals surface area contributed by atoms with Crippen LogP contribution in [-0.2, 0) is 11.2 Å². The number of benzene rings is 1. The Morgan fingerprint density at radius 2 is 2.35 bits per heavy atom. The summed E-state index contributed by atoms with van der Waals surface area (Å²) in [5, 5.41) is 11.6. The third kappa shape index (κ3) is 2.77. The Balaban J connectivity index is 1.92. The van der Waals surface area contributed by atoms with Gasteiger partial charge in [-0.3, -0.25) is 4.79 Å². The third-order valence-electron chi connectivity index (χ3n) is 2.89. The van der Waals surface area contributed by atoms with Crippen molar-refractivity contribution in [3.05, 3.63) is 29.8 Å². The van der Waals surface area contributed by atoms with E-state index in [0.717, 1.165) is 11.3 Å². The van der Waals surface area contributed by atoms with E-state index in [1.54, 1.807) is 0 Å². The molecule has 0 radical (unpaired) electrons. The highest BCUT2D eigenvalue weighted by atomic mass is 16.5. The number of nitrogens with one attached hydrogen (secondary N) is 1. The van der Waals surface area contributed by atoms with Crippen LogP contribution >= 0.6 is 0 Å². The van der Waals surface area contributed by atoms with E-state index in [9.17, 15) is 4.79 Å². The second kappa shape index (κ2) is 5.19. The molecule has 1 aliphatic heterocycles. The van der Waals surface area contributed by atoms with E-state index >= 15 is 0 Å².